The van der Waals surface area contributed by atoms with Gasteiger partial charge in [-0.25, -0.2) is 4.79 Å². The van der Waals surface area contributed by atoms with Crippen LogP contribution in [0.25, 0.3) is 0 Å². The van der Waals surface area contributed by atoms with E-state index in [0.29, 0.717) is 18.3 Å². The fourth-order valence-electron chi connectivity index (χ4n) is 7.68. The van der Waals surface area contributed by atoms with Crippen molar-refractivity contribution in [2.45, 2.75) is 124 Å². The zero-order chi connectivity index (χ0) is 24.1. The summed E-state index contributed by atoms with van der Waals surface area (Å²) in [5.41, 5.74) is -1.75. The lowest BCUT2D eigenvalue weighted by Gasteiger charge is -2.61. The standard InChI is InChI=1S/C27H47NO4/c1-10-24(8,9)22(29)31-26-14-20-11-21(15-26)13-25(12-20,16-26)28-23(30)32-27(17(2)3,18(4)5)19(6)7/h17-21H,10-16H2,1-9H3,(H,28,30). The second-order valence-corrected chi connectivity index (χ2v) is 12.9. The smallest absolute Gasteiger partial charge is 0.408 e. The van der Waals surface area contributed by atoms with Crippen LogP contribution in [0, 0.1) is 35.0 Å². The van der Waals surface area contributed by atoms with E-state index in [1.807, 2.05) is 20.8 Å². The summed E-state index contributed by atoms with van der Waals surface area (Å²) in [5, 5.41) is 3.34. The molecule has 1 amide bonds. The van der Waals surface area contributed by atoms with Gasteiger partial charge in [-0.15, -0.1) is 0 Å². The molecule has 1 N–H and O–H groups in total. The van der Waals surface area contributed by atoms with Crippen LogP contribution in [0.2, 0.25) is 0 Å². The lowest BCUT2D eigenvalue weighted by atomic mass is 9.51. The van der Waals surface area contributed by atoms with Gasteiger partial charge in [-0.3, -0.25) is 4.79 Å². The third-order valence-corrected chi connectivity index (χ3v) is 9.10. The van der Waals surface area contributed by atoms with Crippen LogP contribution in [0.1, 0.15) is 107 Å². The van der Waals surface area contributed by atoms with E-state index in [0.717, 1.165) is 32.1 Å². The van der Waals surface area contributed by atoms with E-state index < -0.39 is 16.6 Å². The predicted molar refractivity (Wildman–Crippen MR) is 127 cm³/mol. The fraction of sp³-hybridized carbons (Fsp3) is 0.926. The normalized spacial score (nSPS) is 32.0. The minimum atomic E-state index is -0.512. The van der Waals surface area contributed by atoms with Crippen LogP contribution in [0.15, 0.2) is 0 Å². The SMILES string of the molecule is CCC(C)(C)C(=O)OC12CC3CC(CC(NC(=O)OC(C(C)C)(C(C)C)C(C)C)(C3)C1)C2. The van der Waals surface area contributed by atoms with Gasteiger partial charge in [-0.1, -0.05) is 48.5 Å². The molecule has 0 aliphatic heterocycles. The molecular weight excluding hydrogens is 402 g/mol. The Morgan fingerprint density at radius 1 is 0.938 bits per heavy atom. The number of esters is 1. The van der Waals surface area contributed by atoms with E-state index in [1.54, 1.807) is 0 Å². The number of nitrogens with one attached hydrogen (secondary N) is 1. The molecular formula is C27H47NO4. The third-order valence-electron chi connectivity index (χ3n) is 9.10. The Bertz CT molecular complexity index is 687. The molecule has 2 unspecified atom stereocenters. The molecule has 0 aromatic heterocycles. The van der Waals surface area contributed by atoms with E-state index >= 15 is 0 Å². The summed E-state index contributed by atoms with van der Waals surface area (Å²) in [7, 11) is 0. The van der Waals surface area contributed by atoms with Gasteiger partial charge in [0.05, 0.1) is 5.41 Å². The lowest BCUT2D eigenvalue weighted by Crippen LogP contribution is -2.67. The Labute approximate surface area is 195 Å². The summed E-state index contributed by atoms with van der Waals surface area (Å²) < 4.78 is 12.6. The molecule has 0 heterocycles. The van der Waals surface area contributed by atoms with E-state index in [-0.39, 0.29) is 35.4 Å². The Morgan fingerprint density at radius 2 is 1.44 bits per heavy atom. The van der Waals surface area contributed by atoms with Crippen molar-refractivity contribution in [3.05, 3.63) is 0 Å². The third kappa shape index (κ3) is 4.42. The first-order valence-corrected chi connectivity index (χ1v) is 12.9. The van der Waals surface area contributed by atoms with Crippen LogP contribution in [-0.4, -0.2) is 28.8 Å². The van der Waals surface area contributed by atoms with Gasteiger partial charge < -0.3 is 14.8 Å². The Morgan fingerprint density at radius 3 is 1.88 bits per heavy atom. The monoisotopic (exact) mass is 449 g/mol. The number of amides is 1. The van der Waals surface area contributed by atoms with Gasteiger partial charge >= 0.3 is 12.1 Å². The maximum absolute atomic E-state index is 13.3. The maximum atomic E-state index is 13.3. The van der Waals surface area contributed by atoms with Crippen molar-refractivity contribution in [2.75, 3.05) is 0 Å². The molecule has 4 aliphatic carbocycles. The van der Waals surface area contributed by atoms with Gasteiger partial charge in [0.25, 0.3) is 0 Å². The van der Waals surface area contributed by atoms with Gasteiger partial charge in [0.1, 0.15) is 11.2 Å². The van der Waals surface area contributed by atoms with Crippen LogP contribution in [0.5, 0.6) is 0 Å². The first-order valence-electron chi connectivity index (χ1n) is 12.9. The van der Waals surface area contributed by atoms with Crippen LogP contribution >= 0.6 is 0 Å². The molecule has 4 fully saturated rings. The molecule has 4 bridgehead atoms. The number of alkyl carbamates (subject to hydrolysis) is 1. The van der Waals surface area contributed by atoms with E-state index in [4.69, 9.17) is 9.47 Å². The van der Waals surface area contributed by atoms with Crippen molar-refractivity contribution in [2.24, 2.45) is 35.0 Å². The average Bonchev–Trinajstić information content (AvgIpc) is 2.63. The topological polar surface area (TPSA) is 64.6 Å². The highest BCUT2D eigenvalue weighted by molar-refractivity contribution is 5.76. The molecule has 0 aromatic rings. The zero-order valence-corrected chi connectivity index (χ0v) is 22.0. The quantitative estimate of drug-likeness (QED) is 0.430. The molecule has 5 nitrogen and oxygen atoms in total. The molecule has 0 saturated heterocycles. The highest BCUT2D eigenvalue weighted by Crippen LogP contribution is 2.59. The molecule has 2 atom stereocenters. The molecule has 4 rings (SSSR count). The van der Waals surface area contributed by atoms with Gasteiger partial charge in [-0.2, -0.15) is 0 Å². The summed E-state index contributed by atoms with van der Waals surface area (Å²) in [6, 6.07) is 0. The summed E-state index contributed by atoms with van der Waals surface area (Å²) in [4.78, 5) is 26.3. The Balaban J connectivity index is 1.80. The number of carbonyl (C=O) groups excluding carboxylic acids is 2. The van der Waals surface area contributed by atoms with Crippen molar-refractivity contribution < 1.29 is 19.1 Å². The average molecular weight is 450 g/mol. The van der Waals surface area contributed by atoms with Crippen LogP contribution in [-0.2, 0) is 14.3 Å². The van der Waals surface area contributed by atoms with Crippen LogP contribution in [0.3, 0.4) is 0 Å². The van der Waals surface area contributed by atoms with Crippen molar-refractivity contribution in [1.29, 1.82) is 0 Å². The minimum Gasteiger partial charge on any atom is -0.459 e. The number of carbonyl (C=O) groups is 2. The lowest BCUT2D eigenvalue weighted by molar-refractivity contribution is -0.200. The number of hydrogen-bond donors (Lipinski definition) is 1. The van der Waals surface area contributed by atoms with Crippen molar-refractivity contribution in [3.8, 4) is 0 Å². The van der Waals surface area contributed by atoms with Crippen LogP contribution < -0.4 is 5.32 Å². The Kier molecular flexibility index (Phi) is 6.74. The minimum absolute atomic E-state index is 0.0990. The maximum Gasteiger partial charge on any atom is 0.408 e. The highest BCUT2D eigenvalue weighted by atomic mass is 16.6. The number of hydrogen-bond acceptors (Lipinski definition) is 4. The number of rotatable bonds is 8. The molecule has 4 saturated carbocycles. The molecule has 0 radical (unpaired) electrons. The molecule has 0 spiro atoms. The second-order valence-electron chi connectivity index (χ2n) is 12.9. The zero-order valence-electron chi connectivity index (χ0n) is 22.0. The molecule has 184 valence electrons. The largest absolute Gasteiger partial charge is 0.459 e. The highest BCUT2D eigenvalue weighted by Gasteiger charge is 2.61. The summed E-state index contributed by atoms with van der Waals surface area (Å²) >= 11 is 0. The fourth-order valence-corrected chi connectivity index (χ4v) is 7.68. The molecule has 5 heteroatoms. The van der Waals surface area contributed by atoms with Crippen molar-refractivity contribution >= 4 is 12.1 Å². The predicted octanol–water partition coefficient (Wildman–Crippen LogP) is 6.49. The van der Waals surface area contributed by atoms with E-state index in [9.17, 15) is 9.59 Å². The van der Waals surface area contributed by atoms with Gasteiger partial charge in [0.2, 0.25) is 0 Å². The van der Waals surface area contributed by atoms with E-state index in [1.165, 1.54) is 6.42 Å². The number of ether oxygens (including phenoxy) is 2. The second kappa shape index (κ2) is 8.51. The van der Waals surface area contributed by atoms with Gasteiger partial charge in [0, 0.05) is 12.0 Å². The first-order chi connectivity index (χ1) is 14.7. The molecule has 4 aliphatic rings. The summed E-state index contributed by atoms with van der Waals surface area (Å²) in [6.07, 6.45) is 6.14. The summed E-state index contributed by atoms with van der Waals surface area (Å²) in [5.74, 6) is 1.55. The Hall–Kier alpha value is -1.26. The van der Waals surface area contributed by atoms with Crippen LogP contribution in [0.4, 0.5) is 4.79 Å². The summed E-state index contributed by atoms with van der Waals surface area (Å²) in [6.45, 7) is 18.8. The van der Waals surface area contributed by atoms with Crippen molar-refractivity contribution in [3.63, 3.8) is 0 Å². The molecule has 0 aromatic carbocycles. The van der Waals surface area contributed by atoms with Gasteiger partial charge in [0.15, 0.2) is 0 Å². The first kappa shape index (κ1) is 25.4. The van der Waals surface area contributed by atoms with E-state index in [2.05, 4.69) is 46.9 Å². The molecule has 32 heavy (non-hydrogen) atoms. The van der Waals surface area contributed by atoms with Crippen molar-refractivity contribution in [1.82, 2.24) is 5.32 Å². The van der Waals surface area contributed by atoms with Gasteiger partial charge in [-0.05, 0) is 82.0 Å².